The summed E-state index contributed by atoms with van der Waals surface area (Å²) in [6.45, 7) is 0. The molecule has 2 rings (SSSR count). The van der Waals surface area contributed by atoms with E-state index in [2.05, 4.69) is 10.3 Å². The number of H-pyrrole nitrogens is 1. The quantitative estimate of drug-likeness (QED) is 0.490. The molecular formula is C12H17N3O3. The van der Waals surface area contributed by atoms with E-state index in [0.29, 0.717) is 0 Å². The zero-order valence-electron chi connectivity index (χ0n) is 10.1. The van der Waals surface area contributed by atoms with Crippen LogP contribution in [-0.2, 0) is 0 Å². The number of hydrogen-bond acceptors (Lipinski definition) is 4. The molecule has 1 aliphatic rings. The van der Waals surface area contributed by atoms with Crippen molar-refractivity contribution in [2.24, 2.45) is 0 Å². The Bertz CT molecular complexity index is 476. The topological polar surface area (TPSA) is 88.0 Å². The lowest BCUT2D eigenvalue weighted by Crippen LogP contribution is -2.22. The summed E-state index contributed by atoms with van der Waals surface area (Å²) in [5, 5.41) is 14.0. The number of anilines is 1. The van der Waals surface area contributed by atoms with Gasteiger partial charge in [-0.2, -0.15) is 0 Å². The number of nitrogens with zero attached hydrogens (tertiary/aromatic N) is 1. The molecule has 0 unspecified atom stereocenters. The molecule has 0 aromatic carbocycles. The Hall–Kier alpha value is -1.85. The van der Waals surface area contributed by atoms with Gasteiger partial charge in [0, 0.05) is 18.2 Å². The molecular weight excluding hydrogens is 234 g/mol. The van der Waals surface area contributed by atoms with E-state index in [1.165, 1.54) is 25.0 Å². The van der Waals surface area contributed by atoms with Crippen LogP contribution in [0.4, 0.5) is 11.5 Å². The lowest BCUT2D eigenvalue weighted by Gasteiger charge is -2.16. The molecule has 18 heavy (non-hydrogen) atoms. The van der Waals surface area contributed by atoms with Crippen LogP contribution in [0.3, 0.4) is 0 Å². The normalized spacial score (nSPS) is 17.1. The average molecular weight is 251 g/mol. The summed E-state index contributed by atoms with van der Waals surface area (Å²) in [7, 11) is 0. The molecule has 1 aromatic heterocycles. The second kappa shape index (κ2) is 5.66. The van der Waals surface area contributed by atoms with E-state index in [1.54, 1.807) is 0 Å². The summed E-state index contributed by atoms with van der Waals surface area (Å²) in [5.74, 6) is 0.236. The highest BCUT2D eigenvalue weighted by Gasteiger charge is 2.19. The third-order valence-corrected chi connectivity index (χ3v) is 3.30. The number of nitrogens with one attached hydrogen (secondary N) is 2. The molecule has 0 bridgehead atoms. The van der Waals surface area contributed by atoms with Gasteiger partial charge in [-0.15, -0.1) is 0 Å². The van der Waals surface area contributed by atoms with Crippen molar-refractivity contribution in [1.82, 2.24) is 4.98 Å². The number of hydrogen-bond donors (Lipinski definition) is 2. The number of pyridine rings is 1. The standard InChI is InChI=1S/C12H17N3O3/c16-11-8-7-10(15(17)18)12(14-11)13-9-5-3-1-2-4-6-9/h7-9H,1-6H2,(H2,13,14,16). The SMILES string of the molecule is O=c1ccc([N+](=O)[O-])c(NC2CCCCCC2)[nH]1. The van der Waals surface area contributed by atoms with Crippen LogP contribution in [0.15, 0.2) is 16.9 Å². The van der Waals surface area contributed by atoms with E-state index < -0.39 is 4.92 Å². The first kappa shape index (κ1) is 12.6. The van der Waals surface area contributed by atoms with E-state index in [4.69, 9.17) is 0 Å². The largest absolute Gasteiger partial charge is 0.363 e. The third-order valence-electron chi connectivity index (χ3n) is 3.30. The fourth-order valence-electron chi connectivity index (χ4n) is 2.36. The lowest BCUT2D eigenvalue weighted by molar-refractivity contribution is -0.384. The molecule has 0 amide bonds. The molecule has 0 saturated heterocycles. The predicted octanol–water partition coefficient (Wildman–Crippen LogP) is 2.42. The summed E-state index contributed by atoms with van der Waals surface area (Å²) >= 11 is 0. The second-order valence-corrected chi connectivity index (χ2v) is 4.67. The van der Waals surface area contributed by atoms with Crippen molar-refractivity contribution in [3.8, 4) is 0 Å². The Morgan fingerprint density at radius 3 is 2.50 bits per heavy atom. The molecule has 6 nitrogen and oxygen atoms in total. The molecule has 1 aliphatic carbocycles. The Morgan fingerprint density at radius 1 is 1.22 bits per heavy atom. The first-order valence-corrected chi connectivity index (χ1v) is 6.31. The zero-order chi connectivity index (χ0) is 13.0. The molecule has 2 N–H and O–H groups in total. The van der Waals surface area contributed by atoms with Crippen LogP contribution in [0.25, 0.3) is 0 Å². The number of nitro groups is 1. The highest BCUT2D eigenvalue weighted by atomic mass is 16.6. The van der Waals surface area contributed by atoms with Gasteiger partial charge in [-0.25, -0.2) is 0 Å². The van der Waals surface area contributed by atoms with Crippen LogP contribution >= 0.6 is 0 Å². The summed E-state index contributed by atoms with van der Waals surface area (Å²) < 4.78 is 0. The fraction of sp³-hybridized carbons (Fsp3) is 0.583. The van der Waals surface area contributed by atoms with Gasteiger partial charge in [0.1, 0.15) is 0 Å². The summed E-state index contributed by atoms with van der Waals surface area (Å²) in [6.07, 6.45) is 6.67. The van der Waals surface area contributed by atoms with Gasteiger partial charge in [-0.05, 0) is 12.8 Å². The Morgan fingerprint density at radius 2 is 1.89 bits per heavy atom. The van der Waals surface area contributed by atoms with Gasteiger partial charge in [-0.1, -0.05) is 25.7 Å². The van der Waals surface area contributed by atoms with E-state index in [-0.39, 0.29) is 23.1 Å². The summed E-state index contributed by atoms with van der Waals surface area (Å²) in [4.78, 5) is 24.2. The number of aromatic nitrogens is 1. The monoisotopic (exact) mass is 251 g/mol. The molecule has 0 aliphatic heterocycles. The maximum atomic E-state index is 11.3. The molecule has 1 saturated carbocycles. The smallest absolute Gasteiger partial charge is 0.309 e. The van der Waals surface area contributed by atoms with Gasteiger partial charge >= 0.3 is 5.69 Å². The first-order valence-electron chi connectivity index (χ1n) is 6.31. The van der Waals surface area contributed by atoms with Crippen molar-refractivity contribution in [2.45, 2.75) is 44.6 Å². The van der Waals surface area contributed by atoms with Gasteiger partial charge in [0.2, 0.25) is 5.56 Å². The van der Waals surface area contributed by atoms with Crippen LogP contribution in [0.2, 0.25) is 0 Å². The Labute approximate surface area is 105 Å². The number of rotatable bonds is 3. The van der Waals surface area contributed by atoms with Crippen molar-refractivity contribution in [2.75, 3.05) is 5.32 Å². The molecule has 0 radical (unpaired) electrons. The fourth-order valence-corrected chi connectivity index (χ4v) is 2.36. The highest BCUT2D eigenvalue weighted by molar-refractivity contribution is 5.55. The average Bonchev–Trinajstić information content (AvgIpc) is 2.57. The molecule has 1 aromatic rings. The molecule has 1 heterocycles. The van der Waals surface area contributed by atoms with Gasteiger partial charge in [0.15, 0.2) is 5.82 Å². The van der Waals surface area contributed by atoms with E-state index in [0.717, 1.165) is 25.7 Å². The maximum Gasteiger partial charge on any atom is 0.309 e. The van der Waals surface area contributed by atoms with E-state index in [1.807, 2.05) is 0 Å². The van der Waals surface area contributed by atoms with Crippen LogP contribution in [0.1, 0.15) is 38.5 Å². The van der Waals surface area contributed by atoms with Crippen molar-refractivity contribution in [3.63, 3.8) is 0 Å². The van der Waals surface area contributed by atoms with Crippen molar-refractivity contribution < 1.29 is 4.92 Å². The molecule has 98 valence electrons. The van der Waals surface area contributed by atoms with Gasteiger partial charge in [0.25, 0.3) is 0 Å². The number of aromatic amines is 1. The second-order valence-electron chi connectivity index (χ2n) is 4.67. The van der Waals surface area contributed by atoms with Crippen molar-refractivity contribution in [3.05, 3.63) is 32.6 Å². The Balaban J connectivity index is 2.18. The zero-order valence-corrected chi connectivity index (χ0v) is 10.1. The predicted molar refractivity (Wildman–Crippen MR) is 68.8 cm³/mol. The first-order chi connectivity index (χ1) is 8.66. The Kier molecular flexibility index (Phi) is 3.96. The third kappa shape index (κ3) is 3.09. The van der Waals surface area contributed by atoms with Crippen LogP contribution in [0.5, 0.6) is 0 Å². The highest BCUT2D eigenvalue weighted by Crippen LogP contribution is 2.24. The van der Waals surface area contributed by atoms with Crippen LogP contribution in [-0.4, -0.2) is 15.9 Å². The van der Waals surface area contributed by atoms with Crippen molar-refractivity contribution >= 4 is 11.5 Å². The maximum absolute atomic E-state index is 11.3. The summed E-state index contributed by atoms with van der Waals surface area (Å²) in [6, 6.07) is 2.64. The van der Waals surface area contributed by atoms with Gasteiger partial charge in [-0.3, -0.25) is 14.9 Å². The van der Waals surface area contributed by atoms with Crippen LogP contribution < -0.4 is 10.9 Å². The minimum atomic E-state index is -0.477. The van der Waals surface area contributed by atoms with Gasteiger partial charge in [0.05, 0.1) is 4.92 Å². The molecule has 0 spiro atoms. The van der Waals surface area contributed by atoms with Crippen molar-refractivity contribution in [1.29, 1.82) is 0 Å². The minimum absolute atomic E-state index is 0.0705. The molecule has 6 heteroatoms. The molecule has 1 fully saturated rings. The van der Waals surface area contributed by atoms with Crippen LogP contribution in [0, 0.1) is 10.1 Å². The summed E-state index contributed by atoms with van der Waals surface area (Å²) in [5.41, 5.74) is -0.393. The van der Waals surface area contributed by atoms with E-state index in [9.17, 15) is 14.9 Å². The lowest BCUT2D eigenvalue weighted by atomic mass is 10.1. The van der Waals surface area contributed by atoms with Gasteiger partial charge < -0.3 is 10.3 Å². The minimum Gasteiger partial charge on any atom is -0.363 e. The van der Waals surface area contributed by atoms with E-state index >= 15 is 0 Å². The molecule has 0 atom stereocenters.